The van der Waals surface area contributed by atoms with Crippen LogP contribution in [0.25, 0.3) is 0 Å². The van der Waals surface area contributed by atoms with E-state index in [0.717, 1.165) is 32.5 Å². The Balaban J connectivity index is 3.27. The Morgan fingerprint density at radius 1 is 1.12 bits per heavy atom. The summed E-state index contributed by atoms with van der Waals surface area (Å²) in [6.45, 7) is 7.51. The normalized spacial score (nSPS) is 11.2. The number of nitrogens with zero attached hydrogens (tertiary/aromatic N) is 2. The number of hydrogen-bond acceptors (Lipinski definition) is 3. The van der Waals surface area contributed by atoms with E-state index in [-0.39, 0.29) is 5.91 Å². The Kier molecular flexibility index (Phi) is 9.09. The minimum Gasteiger partial charge on any atom is -0.349 e. The van der Waals surface area contributed by atoms with Crippen LogP contribution in [0.1, 0.15) is 33.1 Å². The zero-order valence-electron chi connectivity index (χ0n) is 12.1. The van der Waals surface area contributed by atoms with Gasteiger partial charge < -0.3 is 15.1 Å². The monoisotopic (exact) mass is 243 g/mol. The highest BCUT2D eigenvalue weighted by Gasteiger charge is 2.03. The molecule has 0 unspecified atom stereocenters. The van der Waals surface area contributed by atoms with Gasteiger partial charge in [0.15, 0.2) is 0 Å². The van der Waals surface area contributed by atoms with Crippen molar-refractivity contribution in [3.63, 3.8) is 0 Å². The zero-order chi connectivity index (χ0) is 13.3. The summed E-state index contributed by atoms with van der Waals surface area (Å²) < 4.78 is 0. The van der Waals surface area contributed by atoms with Gasteiger partial charge in [0.25, 0.3) is 0 Å². The molecule has 0 saturated carbocycles. The van der Waals surface area contributed by atoms with Crippen LogP contribution in [-0.2, 0) is 4.79 Å². The molecule has 0 bridgehead atoms. The lowest BCUT2D eigenvalue weighted by Gasteiger charge is -2.20. The third-order valence-electron chi connectivity index (χ3n) is 2.99. The second-order valence-electron chi connectivity index (χ2n) is 5.07. The molecule has 0 saturated heterocycles. The van der Waals surface area contributed by atoms with E-state index in [4.69, 9.17) is 0 Å². The maximum atomic E-state index is 11.3. The number of rotatable bonds is 9. The summed E-state index contributed by atoms with van der Waals surface area (Å²) in [5.74, 6) is 0.214. The molecule has 0 aromatic heterocycles. The summed E-state index contributed by atoms with van der Waals surface area (Å²) in [4.78, 5) is 15.3. The molecule has 0 rings (SSSR count). The molecule has 0 fully saturated rings. The minimum absolute atomic E-state index is 0.214. The molecule has 0 aliphatic carbocycles. The lowest BCUT2D eigenvalue weighted by molar-refractivity contribution is -0.128. The molecular formula is C13H29N3O. The molecule has 0 aromatic rings. The minimum atomic E-state index is 0.214. The van der Waals surface area contributed by atoms with Gasteiger partial charge in [0.2, 0.25) is 5.91 Å². The van der Waals surface area contributed by atoms with Gasteiger partial charge in [-0.05, 0) is 53.4 Å². The van der Waals surface area contributed by atoms with Crippen molar-refractivity contribution < 1.29 is 4.79 Å². The number of nitrogens with one attached hydrogen (secondary N) is 1. The summed E-state index contributed by atoms with van der Waals surface area (Å²) in [6.07, 6.45) is 2.74. The Bertz CT molecular complexity index is 205. The Labute approximate surface area is 106 Å². The third kappa shape index (κ3) is 9.12. The first-order chi connectivity index (χ1) is 7.95. The van der Waals surface area contributed by atoms with Gasteiger partial charge in [-0.2, -0.15) is 0 Å². The standard InChI is InChI=1S/C13H29N3O/c1-12(2)16(5)11-7-10-14-9-6-8-13(17)15(3)4/h12,14H,6-11H2,1-5H3. The third-order valence-corrected chi connectivity index (χ3v) is 2.99. The van der Waals surface area contributed by atoms with Crippen LogP contribution in [0.5, 0.6) is 0 Å². The lowest BCUT2D eigenvalue weighted by atomic mass is 10.2. The highest BCUT2D eigenvalue weighted by atomic mass is 16.2. The molecule has 4 nitrogen and oxygen atoms in total. The maximum Gasteiger partial charge on any atom is 0.222 e. The highest BCUT2D eigenvalue weighted by Crippen LogP contribution is 1.95. The number of carbonyl (C=O) groups excluding carboxylic acids is 1. The van der Waals surface area contributed by atoms with E-state index in [9.17, 15) is 4.79 Å². The molecule has 0 spiro atoms. The number of hydrogen-bond donors (Lipinski definition) is 1. The molecule has 1 amide bonds. The Morgan fingerprint density at radius 2 is 1.71 bits per heavy atom. The van der Waals surface area contributed by atoms with Gasteiger partial charge >= 0.3 is 0 Å². The summed E-state index contributed by atoms with van der Waals surface area (Å²) in [5, 5.41) is 3.38. The van der Waals surface area contributed by atoms with Crippen LogP contribution in [-0.4, -0.2) is 62.5 Å². The van der Waals surface area contributed by atoms with Crippen LogP contribution in [0.15, 0.2) is 0 Å². The number of amides is 1. The van der Waals surface area contributed by atoms with Crippen molar-refractivity contribution in [3.8, 4) is 0 Å². The van der Waals surface area contributed by atoms with Gasteiger partial charge in [0.05, 0.1) is 0 Å². The smallest absolute Gasteiger partial charge is 0.222 e. The van der Waals surface area contributed by atoms with Crippen molar-refractivity contribution in [2.75, 3.05) is 40.8 Å². The molecule has 0 aromatic carbocycles. The van der Waals surface area contributed by atoms with E-state index >= 15 is 0 Å². The van der Waals surface area contributed by atoms with Crippen LogP contribution in [0.2, 0.25) is 0 Å². The molecule has 0 atom stereocenters. The molecule has 0 heterocycles. The highest BCUT2D eigenvalue weighted by molar-refractivity contribution is 5.75. The largest absolute Gasteiger partial charge is 0.349 e. The second-order valence-corrected chi connectivity index (χ2v) is 5.07. The fourth-order valence-electron chi connectivity index (χ4n) is 1.42. The molecule has 4 heteroatoms. The summed E-state index contributed by atoms with van der Waals surface area (Å²) >= 11 is 0. The molecule has 102 valence electrons. The molecular weight excluding hydrogens is 214 g/mol. The van der Waals surface area contributed by atoms with Crippen molar-refractivity contribution in [3.05, 3.63) is 0 Å². The predicted octanol–water partition coefficient (Wildman–Crippen LogP) is 1.17. The van der Waals surface area contributed by atoms with Crippen molar-refractivity contribution in [1.29, 1.82) is 0 Å². The fourth-order valence-corrected chi connectivity index (χ4v) is 1.42. The van der Waals surface area contributed by atoms with Gasteiger partial charge in [-0.1, -0.05) is 0 Å². The van der Waals surface area contributed by atoms with Gasteiger partial charge in [-0.3, -0.25) is 4.79 Å². The Morgan fingerprint density at radius 3 is 2.24 bits per heavy atom. The van der Waals surface area contributed by atoms with Crippen LogP contribution >= 0.6 is 0 Å². The quantitative estimate of drug-likeness (QED) is 0.618. The first-order valence-electron chi connectivity index (χ1n) is 6.56. The van der Waals surface area contributed by atoms with Gasteiger partial charge in [0.1, 0.15) is 0 Å². The summed E-state index contributed by atoms with van der Waals surface area (Å²) in [5.41, 5.74) is 0. The second kappa shape index (κ2) is 9.42. The summed E-state index contributed by atoms with van der Waals surface area (Å²) in [7, 11) is 5.76. The van der Waals surface area contributed by atoms with E-state index < -0.39 is 0 Å². The first kappa shape index (κ1) is 16.4. The van der Waals surface area contributed by atoms with Crippen molar-refractivity contribution in [2.24, 2.45) is 0 Å². The zero-order valence-corrected chi connectivity index (χ0v) is 12.1. The molecule has 17 heavy (non-hydrogen) atoms. The van der Waals surface area contributed by atoms with E-state index in [1.165, 1.54) is 0 Å². The molecule has 0 aliphatic rings. The van der Waals surface area contributed by atoms with E-state index in [1.807, 2.05) is 0 Å². The molecule has 0 radical (unpaired) electrons. The fraction of sp³-hybridized carbons (Fsp3) is 0.923. The van der Waals surface area contributed by atoms with Gasteiger partial charge in [0, 0.05) is 26.6 Å². The van der Waals surface area contributed by atoms with Crippen molar-refractivity contribution >= 4 is 5.91 Å². The molecule has 1 N–H and O–H groups in total. The van der Waals surface area contributed by atoms with Crippen molar-refractivity contribution in [2.45, 2.75) is 39.2 Å². The lowest BCUT2D eigenvalue weighted by Crippen LogP contribution is -2.30. The Hall–Kier alpha value is -0.610. The van der Waals surface area contributed by atoms with E-state index in [0.29, 0.717) is 12.5 Å². The SMILES string of the molecule is CC(C)N(C)CCCNCCCC(=O)N(C)C. The summed E-state index contributed by atoms with van der Waals surface area (Å²) in [6, 6.07) is 0.618. The van der Waals surface area contributed by atoms with Crippen LogP contribution in [0.4, 0.5) is 0 Å². The van der Waals surface area contributed by atoms with Gasteiger partial charge in [-0.15, -0.1) is 0 Å². The number of carbonyl (C=O) groups is 1. The predicted molar refractivity (Wildman–Crippen MR) is 73.2 cm³/mol. The van der Waals surface area contributed by atoms with Crippen LogP contribution in [0.3, 0.4) is 0 Å². The topological polar surface area (TPSA) is 35.6 Å². The maximum absolute atomic E-state index is 11.3. The van der Waals surface area contributed by atoms with E-state index in [2.05, 4.69) is 31.1 Å². The van der Waals surface area contributed by atoms with E-state index in [1.54, 1.807) is 19.0 Å². The average molecular weight is 243 g/mol. The molecule has 0 aliphatic heterocycles. The average Bonchev–Trinajstić information content (AvgIpc) is 2.26. The van der Waals surface area contributed by atoms with Crippen LogP contribution < -0.4 is 5.32 Å². The first-order valence-corrected chi connectivity index (χ1v) is 6.56. The van der Waals surface area contributed by atoms with Crippen LogP contribution in [0, 0.1) is 0 Å². The van der Waals surface area contributed by atoms with Crippen molar-refractivity contribution in [1.82, 2.24) is 15.1 Å². The van der Waals surface area contributed by atoms with Gasteiger partial charge in [-0.25, -0.2) is 0 Å².